The number of para-hydroxylation sites is 1. The summed E-state index contributed by atoms with van der Waals surface area (Å²) >= 11 is 0. The van der Waals surface area contributed by atoms with Crippen LogP contribution in [0.25, 0.3) is 10.9 Å². The summed E-state index contributed by atoms with van der Waals surface area (Å²) in [7, 11) is 1.92. The zero-order valence-corrected chi connectivity index (χ0v) is 9.81. The Hall–Kier alpha value is -1.68. The molecule has 0 unspecified atom stereocenters. The number of aromatic nitrogens is 2. The van der Waals surface area contributed by atoms with Crippen molar-refractivity contribution in [3.05, 3.63) is 30.0 Å². The van der Waals surface area contributed by atoms with Crippen LogP contribution in [0, 0.1) is 5.92 Å². The number of nitrogens with zero attached hydrogens (tertiary/aromatic N) is 2. The molecule has 0 atom stereocenters. The number of nitrogens with one attached hydrogen (secondary N) is 1. The van der Waals surface area contributed by atoms with Gasteiger partial charge in [0.1, 0.15) is 5.78 Å². The van der Waals surface area contributed by atoms with Crippen LogP contribution in [0.3, 0.4) is 0 Å². The van der Waals surface area contributed by atoms with E-state index in [2.05, 4.69) is 10.4 Å². The molecular weight excluding hydrogens is 214 g/mol. The monoisotopic (exact) mass is 229 g/mol. The number of carbonyl (C=O) groups excluding carboxylic acids is 1. The van der Waals surface area contributed by atoms with E-state index in [1.165, 1.54) is 0 Å². The van der Waals surface area contributed by atoms with Gasteiger partial charge < -0.3 is 5.32 Å². The van der Waals surface area contributed by atoms with Crippen LogP contribution in [0.5, 0.6) is 0 Å². The molecule has 1 fully saturated rings. The molecule has 0 amide bonds. The second kappa shape index (κ2) is 3.96. The van der Waals surface area contributed by atoms with Crippen LogP contribution in [-0.2, 0) is 18.3 Å². The van der Waals surface area contributed by atoms with Gasteiger partial charge in [-0.15, -0.1) is 0 Å². The Balaban J connectivity index is 1.92. The number of ketones is 1. The number of fused-ring (bicyclic) bond motifs is 1. The van der Waals surface area contributed by atoms with E-state index in [4.69, 9.17) is 0 Å². The van der Waals surface area contributed by atoms with E-state index in [-0.39, 0.29) is 5.92 Å². The number of rotatable bonds is 3. The number of aryl methyl sites for hydroxylation is 1. The van der Waals surface area contributed by atoms with E-state index < -0.39 is 0 Å². The van der Waals surface area contributed by atoms with E-state index in [0.717, 1.165) is 29.7 Å². The third-order valence-corrected chi connectivity index (χ3v) is 3.41. The molecule has 0 spiro atoms. The van der Waals surface area contributed by atoms with Crippen molar-refractivity contribution in [1.82, 2.24) is 15.1 Å². The van der Waals surface area contributed by atoms with Gasteiger partial charge in [-0.05, 0) is 6.07 Å². The molecule has 0 radical (unpaired) electrons. The van der Waals surface area contributed by atoms with Crippen molar-refractivity contribution in [2.24, 2.45) is 13.0 Å². The lowest BCUT2D eigenvalue weighted by atomic mass is 9.94. The normalized spacial score (nSPS) is 16.1. The summed E-state index contributed by atoms with van der Waals surface area (Å²) in [5.41, 5.74) is 1.99. The molecule has 1 aromatic carbocycles. The van der Waals surface area contributed by atoms with Gasteiger partial charge in [-0.25, -0.2) is 0 Å². The molecule has 2 heterocycles. The van der Waals surface area contributed by atoms with Crippen molar-refractivity contribution in [1.29, 1.82) is 0 Å². The smallest absolute Gasteiger partial charge is 0.144 e. The molecule has 1 saturated heterocycles. The molecule has 1 aromatic heterocycles. The average molecular weight is 229 g/mol. The summed E-state index contributed by atoms with van der Waals surface area (Å²) in [6.07, 6.45) is 0.452. The van der Waals surface area contributed by atoms with Crippen molar-refractivity contribution >= 4 is 16.7 Å². The predicted octanol–water partition coefficient (Wildman–Crippen LogP) is 0.904. The maximum atomic E-state index is 12.0. The van der Waals surface area contributed by atoms with E-state index >= 15 is 0 Å². The largest absolute Gasteiger partial charge is 0.315 e. The molecule has 0 saturated carbocycles. The number of benzene rings is 1. The Labute approximate surface area is 99.6 Å². The van der Waals surface area contributed by atoms with Crippen molar-refractivity contribution in [2.45, 2.75) is 6.42 Å². The van der Waals surface area contributed by atoms with Gasteiger partial charge in [0.15, 0.2) is 0 Å². The first-order valence-electron chi connectivity index (χ1n) is 5.90. The van der Waals surface area contributed by atoms with Gasteiger partial charge in [-0.3, -0.25) is 9.48 Å². The van der Waals surface area contributed by atoms with Gasteiger partial charge in [0.25, 0.3) is 0 Å². The summed E-state index contributed by atoms with van der Waals surface area (Å²) in [4.78, 5) is 12.0. The van der Waals surface area contributed by atoms with Crippen molar-refractivity contribution in [3.8, 4) is 0 Å². The zero-order valence-electron chi connectivity index (χ0n) is 9.81. The van der Waals surface area contributed by atoms with Crippen LogP contribution in [0.15, 0.2) is 24.3 Å². The fourth-order valence-corrected chi connectivity index (χ4v) is 2.24. The maximum absolute atomic E-state index is 12.0. The number of hydrogen-bond acceptors (Lipinski definition) is 3. The minimum atomic E-state index is 0.191. The average Bonchev–Trinajstić information content (AvgIpc) is 2.54. The van der Waals surface area contributed by atoms with Gasteiger partial charge in [-0.1, -0.05) is 18.2 Å². The quantitative estimate of drug-likeness (QED) is 0.850. The summed E-state index contributed by atoms with van der Waals surface area (Å²) in [5, 5.41) is 8.66. The molecule has 3 rings (SSSR count). The minimum absolute atomic E-state index is 0.191. The van der Waals surface area contributed by atoms with E-state index in [9.17, 15) is 4.79 Å². The standard InChI is InChI=1S/C13H15N3O/c1-16-12-5-3-2-4-10(12)11(15-16)6-13(17)9-7-14-8-9/h2-5,9,14H,6-8H2,1H3. The minimum Gasteiger partial charge on any atom is -0.315 e. The maximum Gasteiger partial charge on any atom is 0.144 e. The third kappa shape index (κ3) is 1.74. The molecule has 4 heteroatoms. The van der Waals surface area contributed by atoms with Crippen LogP contribution in [0.2, 0.25) is 0 Å². The Bertz CT molecular complexity index is 569. The van der Waals surface area contributed by atoms with E-state index in [1.807, 2.05) is 36.0 Å². The summed E-state index contributed by atoms with van der Waals surface area (Å²) in [6.45, 7) is 1.65. The summed E-state index contributed by atoms with van der Waals surface area (Å²) < 4.78 is 1.84. The summed E-state index contributed by atoms with van der Waals surface area (Å²) in [6, 6.07) is 8.04. The highest BCUT2D eigenvalue weighted by atomic mass is 16.1. The topological polar surface area (TPSA) is 46.9 Å². The van der Waals surface area contributed by atoms with Crippen molar-refractivity contribution < 1.29 is 4.79 Å². The van der Waals surface area contributed by atoms with Crippen LogP contribution >= 0.6 is 0 Å². The highest BCUT2D eigenvalue weighted by Crippen LogP contribution is 2.19. The molecule has 1 aliphatic heterocycles. The lowest BCUT2D eigenvalue weighted by Gasteiger charge is -2.25. The Morgan fingerprint density at radius 3 is 2.94 bits per heavy atom. The van der Waals surface area contributed by atoms with Crippen LogP contribution < -0.4 is 5.32 Å². The van der Waals surface area contributed by atoms with Gasteiger partial charge in [0.05, 0.1) is 17.6 Å². The molecule has 1 N–H and O–H groups in total. The Morgan fingerprint density at radius 1 is 1.47 bits per heavy atom. The van der Waals surface area contributed by atoms with E-state index in [1.54, 1.807) is 0 Å². The molecular formula is C13H15N3O. The van der Waals surface area contributed by atoms with Gasteiger partial charge >= 0.3 is 0 Å². The number of carbonyl (C=O) groups is 1. The van der Waals surface area contributed by atoms with Gasteiger partial charge in [-0.2, -0.15) is 5.10 Å². The lowest BCUT2D eigenvalue weighted by Crippen LogP contribution is -2.47. The molecule has 4 nitrogen and oxygen atoms in total. The van der Waals surface area contributed by atoms with Crippen molar-refractivity contribution in [2.75, 3.05) is 13.1 Å². The highest BCUT2D eigenvalue weighted by Gasteiger charge is 2.25. The molecule has 1 aliphatic rings. The third-order valence-electron chi connectivity index (χ3n) is 3.41. The molecule has 2 aromatic rings. The lowest BCUT2D eigenvalue weighted by molar-refractivity contribution is -0.123. The van der Waals surface area contributed by atoms with Crippen LogP contribution in [0.4, 0.5) is 0 Å². The molecule has 17 heavy (non-hydrogen) atoms. The van der Waals surface area contributed by atoms with Gasteiger partial charge in [0, 0.05) is 31.4 Å². The van der Waals surface area contributed by atoms with Crippen LogP contribution in [0.1, 0.15) is 5.69 Å². The highest BCUT2D eigenvalue weighted by molar-refractivity contribution is 5.90. The molecule has 0 bridgehead atoms. The molecule has 0 aliphatic carbocycles. The second-order valence-electron chi connectivity index (χ2n) is 4.59. The van der Waals surface area contributed by atoms with Gasteiger partial charge in [0.2, 0.25) is 0 Å². The first-order valence-corrected chi connectivity index (χ1v) is 5.90. The fourth-order valence-electron chi connectivity index (χ4n) is 2.24. The van der Waals surface area contributed by atoms with Crippen molar-refractivity contribution in [3.63, 3.8) is 0 Å². The second-order valence-corrected chi connectivity index (χ2v) is 4.59. The Kier molecular flexibility index (Phi) is 2.44. The SMILES string of the molecule is Cn1nc(CC(=O)C2CNC2)c2ccccc21. The zero-order chi connectivity index (χ0) is 11.8. The first-order chi connectivity index (χ1) is 8.25. The number of Topliss-reactive ketones (excluding diaryl/α,β-unsaturated/α-hetero) is 1. The fraction of sp³-hybridized carbons (Fsp3) is 0.385. The number of hydrogen-bond donors (Lipinski definition) is 1. The van der Waals surface area contributed by atoms with Crippen LogP contribution in [-0.4, -0.2) is 28.7 Å². The predicted molar refractivity (Wildman–Crippen MR) is 65.8 cm³/mol. The first kappa shape index (κ1) is 10.5. The molecule has 88 valence electrons. The van der Waals surface area contributed by atoms with E-state index in [0.29, 0.717) is 12.2 Å². The Morgan fingerprint density at radius 2 is 2.24 bits per heavy atom. The summed E-state index contributed by atoms with van der Waals surface area (Å²) in [5.74, 6) is 0.489.